The predicted molar refractivity (Wildman–Crippen MR) is 105 cm³/mol. The molecule has 0 bridgehead atoms. The van der Waals surface area contributed by atoms with Crippen molar-refractivity contribution in [1.29, 1.82) is 0 Å². The minimum atomic E-state index is -0.887. The molecule has 1 saturated heterocycles. The summed E-state index contributed by atoms with van der Waals surface area (Å²) in [5.41, 5.74) is -0.711. The average molecular weight is 411 g/mol. The zero-order valence-corrected chi connectivity index (χ0v) is 17.1. The third-order valence-electron chi connectivity index (χ3n) is 4.45. The Bertz CT molecular complexity index is 722. The second-order valence-corrected chi connectivity index (χ2v) is 8.18. The first-order valence-corrected chi connectivity index (χ1v) is 9.38. The lowest BCUT2D eigenvalue weighted by Crippen LogP contribution is -2.45. The molecule has 162 valence electrons. The summed E-state index contributed by atoms with van der Waals surface area (Å²) in [6.07, 6.45) is -2.14. The summed E-state index contributed by atoms with van der Waals surface area (Å²) in [5.74, 6) is 0.290. The number of ether oxygens (including phenoxy) is 2. The van der Waals surface area contributed by atoms with Crippen LogP contribution in [-0.2, 0) is 4.74 Å². The van der Waals surface area contributed by atoms with Crippen LogP contribution < -0.4 is 4.74 Å². The van der Waals surface area contributed by atoms with Crippen LogP contribution in [0.3, 0.4) is 0 Å². The highest BCUT2D eigenvalue weighted by molar-refractivity contribution is 5.68. The van der Waals surface area contributed by atoms with Gasteiger partial charge in [0.25, 0.3) is 5.69 Å². The molecule has 0 saturated carbocycles. The summed E-state index contributed by atoms with van der Waals surface area (Å²) in [6, 6.07) is 5.37. The summed E-state index contributed by atoms with van der Waals surface area (Å²) >= 11 is 0. The molecule has 1 aliphatic rings. The number of hydrogen-bond donors (Lipinski definition) is 2. The summed E-state index contributed by atoms with van der Waals surface area (Å²) in [4.78, 5) is 25.7. The standard InChI is InChI=1S/C19H29N3O7/c1-19(2,3)29-18(25)21-10-16(17(24)11-21)20(4)9-14(23)12-28-15-7-5-6-13(8-15)22(26)27/h5-8,14,16-17,23-24H,9-12H2,1-4H3/t14-,16-,17-/m0/s1. The molecule has 1 heterocycles. The van der Waals surface area contributed by atoms with Crippen LogP contribution in [0.1, 0.15) is 20.8 Å². The van der Waals surface area contributed by atoms with Crippen molar-refractivity contribution < 1.29 is 29.4 Å². The van der Waals surface area contributed by atoms with E-state index in [2.05, 4.69) is 0 Å². The van der Waals surface area contributed by atoms with Gasteiger partial charge < -0.3 is 24.6 Å². The van der Waals surface area contributed by atoms with E-state index in [9.17, 15) is 25.1 Å². The summed E-state index contributed by atoms with van der Waals surface area (Å²) < 4.78 is 10.8. The lowest BCUT2D eigenvalue weighted by atomic mass is 10.2. The monoisotopic (exact) mass is 411 g/mol. The van der Waals surface area contributed by atoms with Crippen molar-refractivity contribution in [3.8, 4) is 5.75 Å². The Labute approximate surface area is 169 Å². The third kappa shape index (κ3) is 6.84. The largest absolute Gasteiger partial charge is 0.491 e. The summed E-state index contributed by atoms with van der Waals surface area (Å²) in [7, 11) is 1.74. The third-order valence-corrected chi connectivity index (χ3v) is 4.45. The maximum Gasteiger partial charge on any atom is 0.410 e. The lowest BCUT2D eigenvalue weighted by Gasteiger charge is -2.28. The first-order chi connectivity index (χ1) is 13.5. The fourth-order valence-corrected chi connectivity index (χ4v) is 3.08. The fourth-order valence-electron chi connectivity index (χ4n) is 3.08. The van der Waals surface area contributed by atoms with E-state index >= 15 is 0 Å². The van der Waals surface area contributed by atoms with E-state index in [1.165, 1.54) is 23.1 Å². The van der Waals surface area contributed by atoms with E-state index < -0.39 is 28.8 Å². The highest BCUT2D eigenvalue weighted by Gasteiger charge is 2.38. The van der Waals surface area contributed by atoms with E-state index in [1.807, 2.05) is 0 Å². The van der Waals surface area contributed by atoms with Crippen molar-refractivity contribution in [3.05, 3.63) is 34.4 Å². The highest BCUT2D eigenvalue weighted by Crippen LogP contribution is 2.21. The predicted octanol–water partition coefficient (Wildman–Crippen LogP) is 1.25. The van der Waals surface area contributed by atoms with Crippen LogP contribution in [0.25, 0.3) is 0 Å². The van der Waals surface area contributed by atoms with Gasteiger partial charge in [-0.05, 0) is 33.9 Å². The molecular weight excluding hydrogens is 382 g/mol. The maximum absolute atomic E-state index is 12.2. The molecule has 3 atom stereocenters. The molecule has 10 nitrogen and oxygen atoms in total. The Balaban J connectivity index is 1.84. The number of hydrogen-bond acceptors (Lipinski definition) is 8. The van der Waals surface area contributed by atoms with Crippen LogP contribution in [0.2, 0.25) is 0 Å². The number of amides is 1. The lowest BCUT2D eigenvalue weighted by molar-refractivity contribution is -0.384. The zero-order chi connectivity index (χ0) is 21.8. The van der Waals surface area contributed by atoms with Gasteiger partial charge in [0.1, 0.15) is 24.1 Å². The molecule has 0 radical (unpaired) electrons. The van der Waals surface area contributed by atoms with Gasteiger partial charge in [-0.15, -0.1) is 0 Å². The molecule has 1 amide bonds. The minimum Gasteiger partial charge on any atom is -0.491 e. The van der Waals surface area contributed by atoms with Gasteiger partial charge in [-0.3, -0.25) is 15.0 Å². The van der Waals surface area contributed by atoms with Gasteiger partial charge in [0, 0.05) is 19.2 Å². The second kappa shape index (κ2) is 9.38. The first kappa shape index (κ1) is 22.9. The van der Waals surface area contributed by atoms with Crippen molar-refractivity contribution in [3.63, 3.8) is 0 Å². The van der Waals surface area contributed by atoms with E-state index in [-0.39, 0.29) is 43.7 Å². The van der Waals surface area contributed by atoms with Gasteiger partial charge in [-0.25, -0.2) is 4.79 Å². The van der Waals surface area contributed by atoms with Crippen molar-refractivity contribution in [2.75, 3.05) is 33.3 Å². The Kier molecular flexibility index (Phi) is 7.39. The first-order valence-electron chi connectivity index (χ1n) is 9.38. The number of rotatable bonds is 7. The van der Waals surface area contributed by atoms with Crippen LogP contribution in [0.15, 0.2) is 24.3 Å². The Hall–Kier alpha value is -2.43. The molecule has 1 fully saturated rings. The molecule has 0 unspecified atom stereocenters. The minimum absolute atomic E-state index is 0.0654. The number of carbonyl (C=O) groups excluding carboxylic acids is 1. The van der Waals surface area contributed by atoms with E-state index in [0.717, 1.165) is 0 Å². The topological polar surface area (TPSA) is 126 Å². The van der Waals surface area contributed by atoms with Crippen molar-refractivity contribution >= 4 is 11.8 Å². The number of likely N-dealkylation sites (tertiary alicyclic amines) is 1. The van der Waals surface area contributed by atoms with E-state index in [4.69, 9.17) is 9.47 Å². The van der Waals surface area contributed by atoms with Gasteiger partial charge in [0.2, 0.25) is 0 Å². The second-order valence-electron chi connectivity index (χ2n) is 8.18. The average Bonchev–Trinajstić information content (AvgIpc) is 3.01. The van der Waals surface area contributed by atoms with Crippen LogP contribution >= 0.6 is 0 Å². The smallest absolute Gasteiger partial charge is 0.410 e. The number of non-ortho nitro benzene ring substituents is 1. The SMILES string of the molecule is CN(C[C@H](O)COc1cccc([N+](=O)[O-])c1)[C@H]1CN(C(=O)OC(C)(C)C)C[C@@H]1O. The number of aliphatic hydroxyl groups is 2. The quantitative estimate of drug-likeness (QED) is 0.507. The van der Waals surface area contributed by atoms with Crippen LogP contribution in [-0.4, -0.2) is 88.2 Å². The number of nitro benzene ring substituents is 1. The molecule has 2 rings (SSSR count). The molecule has 10 heteroatoms. The van der Waals surface area contributed by atoms with Crippen LogP contribution in [0, 0.1) is 10.1 Å². The van der Waals surface area contributed by atoms with Crippen molar-refractivity contribution in [2.45, 2.75) is 44.6 Å². The number of β-amino-alcohol motifs (C(OH)–C–C–N with tert-alkyl or cyclic N) is 1. The fraction of sp³-hybridized carbons (Fsp3) is 0.632. The van der Waals surface area contributed by atoms with Gasteiger partial charge in [-0.2, -0.15) is 0 Å². The highest BCUT2D eigenvalue weighted by atomic mass is 16.6. The van der Waals surface area contributed by atoms with Gasteiger partial charge >= 0.3 is 6.09 Å². The number of aliphatic hydroxyl groups excluding tert-OH is 2. The van der Waals surface area contributed by atoms with Crippen LogP contribution in [0.5, 0.6) is 5.75 Å². The molecule has 0 aromatic heterocycles. The molecule has 0 aliphatic carbocycles. The number of benzene rings is 1. The molecule has 1 aliphatic heterocycles. The number of likely N-dealkylation sites (N-methyl/N-ethyl adjacent to an activating group) is 1. The number of nitro groups is 1. The molecular formula is C19H29N3O7. The van der Waals surface area contributed by atoms with Crippen molar-refractivity contribution in [1.82, 2.24) is 9.80 Å². The summed E-state index contributed by atoms with van der Waals surface area (Å²) in [6.45, 7) is 5.90. The van der Waals surface area contributed by atoms with Gasteiger partial charge in [-0.1, -0.05) is 6.07 Å². The molecule has 1 aromatic rings. The van der Waals surface area contributed by atoms with Crippen LogP contribution in [0.4, 0.5) is 10.5 Å². The number of carbonyl (C=O) groups is 1. The zero-order valence-electron chi connectivity index (χ0n) is 17.1. The molecule has 1 aromatic carbocycles. The Morgan fingerprint density at radius 3 is 2.72 bits per heavy atom. The van der Waals surface area contributed by atoms with Gasteiger partial charge in [0.05, 0.1) is 29.7 Å². The summed E-state index contributed by atoms with van der Waals surface area (Å²) in [5, 5.41) is 31.4. The van der Waals surface area contributed by atoms with E-state index in [0.29, 0.717) is 0 Å². The molecule has 29 heavy (non-hydrogen) atoms. The molecule has 2 N–H and O–H groups in total. The van der Waals surface area contributed by atoms with Crippen molar-refractivity contribution in [2.24, 2.45) is 0 Å². The normalized spacial score (nSPS) is 20.6. The van der Waals surface area contributed by atoms with E-state index in [1.54, 1.807) is 38.8 Å². The number of nitrogens with zero attached hydrogens (tertiary/aromatic N) is 3. The Morgan fingerprint density at radius 2 is 2.10 bits per heavy atom. The van der Waals surface area contributed by atoms with Gasteiger partial charge in [0.15, 0.2) is 0 Å². The maximum atomic E-state index is 12.2. The Morgan fingerprint density at radius 1 is 1.41 bits per heavy atom. The molecule has 0 spiro atoms.